The van der Waals surface area contributed by atoms with Gasteiger partial charge >= 0.3 is 0 Å². The van der Waals surface area contributed by atoms with Crippen LogP contribution < -0.4 is 16.0 Å². The Morgan fingerprint density at radius 2 is 1.94 bits per heavy atom. The number of nitrogens with one attached hydrogen (secondary N) is 1. The third-order valence-corrected chi connectivity index (χ3v) is 3.06. The van der Waals surface area contributed by atoms with Crippen molar-refractivity contribution in [2.45, 2.75) is 25.7 Å². The second kappa shape index (κ2) is 5.16. The van der Waals surface area contributed by atoms with Crippen molar-refractivity contribution >= 4 is 17.8 Å². The molecule has 0 unspecified atom stereocenters. The third-order valence-electron chi connectivity index (χ3n) is 3.06. The molecule has 1 heterocycles. The van der Waals surface area contributed by atoms with Crippen LogP contribution >= 0.6 is 0 Å². The van der Waals surface area contributed by atoms with Crippen LogP contribution in [0.15, 0.2) is 0 Å². The van der Waals surface area contributed by atoms with Crippen LogP contribution in [-0.2, 0) is 0 Å². The van der Waals surface area contributed by atoms with Gasteiger partial charge in [0.25, 0.3) is 0 Å². The van der Waals surface area contributed by atoms with E-state index < -0.39 is 0 Å². The smallest absolute Gasteiger partial charge is 0.231 e. The van der Waals surface area contributed by atoms with Gasteiger partial charge < -0.3 is 16.0 Å². The van der Waals surface area contributed by atoms with Gasteiger partial charge in [0.2, 0.25) is 17.8 Å². The van der Waals surface area contributed by atoms with Gasteiger partial charge in [-0.15, -0.1) is 0 Å². The van der Waals surface area contributed by atoms with E-state index in [1.165, 1.54) is 25.7 Å². The Kier molecular flexibility index (Phi) is 3.61. The molecule has 1 aliphatic rings. The van der Waals surface area contributed by atoms with Crippen molar-refractivity contribution in [1.29, 1.82) is 0 Å². The number of nitrogen functional groups attached to an aromatic ring is 1. The number of rotatable bonds is 4. The SMILES string of the molecule is CN(C)c1nc(N)nc(NCC2CCCC2)n1. The zero-order chi connectivity index (χ0) is 12.3. The minimum absolute atomic E-state index is 0.262. The monoisotopic (exact) mass is 236 g/mol. The van der Waals surface area contributed by atoms with E-state index in [0.717, 1.165) is 12.5 Å². The number of nitrogens with two attached hydrogens (primary N) is 1. The van der Waals surface area contributed by atoms with E-state index in [4.69, 9.17) is 5.73 Å². The molecule has 0 saturated heterocycles. The first-order chi connectivity index (χ1) is 8.15. The van der Waals surface area contributed by atoms with Gasteiger partial charge in [0, 0.05) is 20.6 Å². The zero-order valence-electron chi connectivity index (χ0n) is 10.5. The molecule has 1 aromatic rings. The maximum atomic E-state index is 5.65. The second-order valence-corrected chi connectivity index (χ2v) is 4.74. The van der Waals surface area contributed by atoms with Crippen LogP contribution in [-0.4, -0.2) is 35.6 Å². The van der Waals surface area contributed by atoms with Gasteiger partial charge in [-0.1, -0.05) is 12.8 Å². The normalized spacial score (nSPS) is 16.1. The Balaban J connectivity index is 1.99. The van der Waals surface area contributed by atoms with Crippen molar-refractivity contribution < 1.29 is 0 Å². The molecule has 0 spiro atoms. The molecule has 94 valence electrons. The van der Waals surface area contributed by atoms with Crippen molar-refractivity contribution in [3.63, 3.8) is 0 Å². The minimum atomic E-state index is 0.262. The van der Waals surface area contributed by atoms with Crippen LogP contribution in [0.3, 0.4) is 0 Å². The van der Waals surface area contributed by atoms with Gasteiger partial charge in [0.05, 0.1) is 0 Å². The molecular formula is C11H20N6. The Morgan fingerprint density at radius 3 is 2.59 bits per heavy atom. The lowest BCUT2D eigenvalue weighted by molar-refractivity contribution is 0.577. The lowest BCUT2D eigenvalue weighted by Crippen LogP contribution is -2.18. The predicted molar refractivity (Wildman–Crippen MR) is 69.0 cm³/mol. The molecule has 0 radical (unpaired) electrons. The largest absolute Gasteiger partial charge is 0.368 e. The summed E-state index contributed by atoms with van der Waals surface area (Å²) in [5, 5.41) is 3.25. The molecule has 6 nitrogen and oxygen atoms in total. The van der Waals surface area contributed by atoms with Crippen LogP contribution in [0.4, 0.5) is 17.8 Å². The fraction of sp³-hybridized carbons (Fsp3) is 0.727. The van der Waals surface area contributed by atoms with Gasteiger partial charge in [-0.3, -0.25) is 0 Å². The highest BCUT2D eigenvalue weighted by Gasteiger charge is 2.15. The standard InChI is InChI=1S/C11H20N6/c1-17(2)11-15-9(12)14-10(16-11)13-7-8-5-3-4-6-8/h8H,3-7H2,1-2H3,(H3,12,13,14,15,16). The summed E-state index contributed by atoms with van der Waals surface area (Å²) in [6.07, 6.45) is 5.28. The highest BCUT2D eigenvalue weighted by atomic mass is 15.3. The molecular weight excluding hydrogens is 216 g/mol. The number of hydrogen-bond donors (Lipinski definition) is 2. The highest BCUT2D eigenvalue weighted by Crippen LogP contribution is 2.24. The van der Waals surface area contributed by atoms with E-state index in [0.29, 0.717) is 11.9 Å². The van der Waals surface area contributed by atoms with Crippen molar-refractivity contribution in [2.75, 3.05) is 36.6 Å². The van der Waals surface area contributed by atoms with E-state index in [1.54, 1.807) is 0 Å². The lowest BCUT2D eigenvalue weighted by atomic mass is 10.1. The van der Waals surface area contributed by atoms with E-state index in [9.17, 15) is 0 Å². The molecule has 0 aliphatic heterocycles. The number of hydrogen-bond acceptors (Lipinski definition) is 6. The molecule has 0 aromatic carbocycles. The maximum Gasteiger partial charge on any atom is 0.231 e. The predicted octanol–water partition coefficient (Wildman–Crippen LogP) is 1.12. The van der Waals surface area contributed by atoms with Crippen molar-refractivity contribution in [2.24, 2.45) is 5.92 Å². The molecule has 1 aromatic heterocycles. The van der Waals surface area contributed by atoms with E-state index >= 15 is 0 Å². The summed E-state index contributed by atoms with van der Waals surface area (Å²) in [5.74, 6) is 2.17. The summed E-state index contributed by atoms with van der Waals surface area (Å²) in [7, 11) is 3.77. The molecule has 0 amide bonds. The molecule has 17 heavy (non-hydrogen) atoms. The van der Waals surface area contributed by atoms with Crippen LogP contribution in [0.2, 0.25) is 0 Å². The minimum Gasteiger partial charge on any atom is -0.368 e. The highest BCUT2D eigenvalue weighted by molar-refractivity contribution is 5.40. The third kappa shape index (κ3) is 3.18. The van der Waals surface area contributed by atoms with E-state index in [-0.39, 0.29) is 5.95 Å². The Bertz CT molecular complexity index is 372. The molecule has 1 fully saturated rings. The topological polar surface area (TPSA) is 80.0 Å². The average Bonchev–Trinajstić information content (AvgIpc) is 2.78. The first-order valence-electron chi connectivity index (χ1n) is 6.08. The first-order valence-corrected chi connectivity index (χ1v) is 6.08. The molecule has 0 atom stereocenters. The maximum absolute atomic E-state index is 5.65. The van der Waals surface area contributed by atoms with Crippen LogP contribution in [0.25, 0.3) is 0 Å². The number of nitrogens with zero attached hydrogens (tertiary/aromatic N) is 4. The van der Waals surface area contributed by atoms with Crippen molar-refractivity contribution in [3.8, 4) is 0 Å². The molecule has 3 N–H and O–H groups in total. The average molecular weight is 236 g/mol. The molecule has 1 aliphatic carbocycles. The van der Waals surface area contributed by atoms with E-state index in [2.05, 4.69) is 20.3 Å². The molecule has 0 bridgehead atoms. The first kappa shape index (κ1) is 11.9. The van der Waals surface area contributed by atoms with Gasteiger partial charge in [-0.25, -0.2) is 0 Å². The van der Waals surface area contributed by atoms with Gasteiger partial charge in [0.1, 0.15) is 0 Å². The quantitative estimate of drug-likeness (QED) is 0.815. The molecule has 6 heteroatoms. The molecule has 1 saturated carbocycles. The lowest BCUT2D eigenvalue weighted by Gasteiger charge is -2.14. The van der Waals surface area contributed by atoms with Crippen LogP contribution in [0.1, 0.15) is 25.7 Å². The Labute approximate surface area is 102 Å². The van der Waals surface area contributed by atoms with E-state index in [1.807, 2.05) is 19.0 Å². The van der Waals surface area contributed by atoms with Gasteiger partial charge in [-0.05, 0) is 18.8 Å². The fourth-order valence-electron chi connectivity index (χ4n) is 2.11. The Morgan fingerprint density at radius 1 is 1.24 bits per heavy atom. The van der Waals surface area contributed by atoms with Crippen LogP contribution in [0.5, 0.6) is 0 Å². The second-order valence-electron chi connectivity index (χ2n) is 4.74. The Hall–Kier alpha value is -1.59. The summed E-state index contributed by atoms with van der Waals surface area (Å²) < 4.78 is 0. The van der Waals surface area contributed by atoms with Gasteiger partial charge in [0.15, 0.2) is 0 Å². The summed E-state index contributed by atoms with van der Waals surface area (Å²) in [6.45, 7) is 0.927. The fourth-order valence-corrected chi connectivity index (χ4v) is 2.11. The summed E-state index contributed by atoms with van der Waals surface area (Å²) >= 11 is 0. The molecule has 2 rings (SSSR count). The van der Waals surface area contributed by atoms with Crippen LogP contribution in [0, 0.1) is 5.92 Å². The summed E-state index contributed by atoms with van der Waals surface area (Å²) in [5.41, 5.74) is 5.65. The van der Waals surface area contributed by atoms with Crippen molar-refractivity contribution in [3.05, 3.63) is 0 Å². The zero-order valence-corrected chi connectivity index (χ0v) is 10.5. The number of aromatic nitrogens is 3. The van der Waals surface area contributed by atoms with Gasteiger partial charge in [-0.2, -0.15) is 15.0 Å². The summed E-state index contributed by atoms with van der Waals surface area (Å²) in [4.78, 5) is 14.3. The number of anilines is 3. The summed E-state index contributed by atoms with van der Waals surface area (Å²) in [6, 6.07) is 0. The van der Waals surface area contributed by atoms with Crippen molar-refractivity contribution in [1.82, 2.24) is 15.0 Å².